The molecular formula is C29H23ClF2N6O3. The molecule has 1 aliphatic heterocycles. The van der Waals surface area contributed by atoms with E-state index in [1.807, 2.05) is 30.3 Å². The topological polar surface area (TPSA) is 123 Å². The number of nitrogens with zero attached hydrogens (tertiary/aromatic N) is 4. The maximum absolute atomic E-state index is 14.4. The molecule has 0 unspecified atom stereocenters. The average Bonchev–Trinajstić information content (AvgIpc) is 3.53. The van der Waals surface area contributed by atoms with E-state index in [0.717, 1.165) is 10.5 Å². The maximum Gasteiger partial charge on any atom is 0.269 e. The van der Waals surface area contributed by atoms with E-state index in [2.05, 4.69) is 27.2 Å². The summed E-state index contributed by atoms with van der Waals surface area (Å²) in [4.78, 5) is 43.7. The number of carbonyl (C=O) groups excluding carboxylic acids is 3. The number of hydrogen-bond acceptors (Lipinski definition) is 5. The van der Waals surface area contributed by atoms with Crippen LogP contribution in [0.15, 0.2) is 60.8 Å². The number of aromatic nitrogens is 3. The Morgan fingerprint density at radius 3 is 2.66 bits per heavy atom. The summed E-state index contributed by atoms with van der Waals surface area (Å²) < 4.78 is 29.9. The van der Waals surface area contributed by atoms with Crippen LogP contribution in [0.5, 0.6) is 0 Å². The molecular weight excluding hydrogens is 554 g/mol. The minimum atomic E-state index is -1.43. The summed E-state index contributed by atoms with van der Waals surface area (Å²) in [5.74, 6) is 3.18. The van der Waals surface area contributed by atoms with Crippen LogP contribution in [0.4, 0.5) is 8.78 Å². The van der Waals surface area contributed by atoms with E-state index in [-0.39, 0.29) is 35.8 Å². The van der Waals surface area contributed by atoms with E-state index < -0.39 is 42.3 Å². The molecule has 3 heterocycles. The smallest absolute Gasteiger partial charge is 0.269 e. The molecule has 0 aliphatic carbocycles. The molecule has 208 valence electrons. The summed E-state index contributed by atoms with van der Waals surface area (Å²) in [6.45, 7) is -0.893. The zero-order chi connectivity index (χ0) is 29.1. The zero-order valence-electron chi connectivity index (χ0n) is 21.5. The molecule has 5 rings (SSSR count). The third-order valence-corrected chi connectivity index (χ3v) is 6.91. The first-order valence-corrected chi connectivity index (χ1v) is 13.0. The number of alkyl halides is 1. The number of carbonyl (C=O) groups is 3. The number of nitrogens with one attached hydrogen (secondary N) is 1. The van der Waals surface area contributed by atoms with Gasteiger partial charge < -0.3 is 16.0 Å². The summed E-state index contributed by atoms with van der Waals surface area (Å²) >= 11 is 5.79. The van der Waals surface area contributed by atoms with Crippen LogP contribution in [0.25, 0.3) is 10.9 Å². The summed E-state index contributed by atoms with van der Waals surface area (Å²) in [5.41, 5.74) is 7.09. The molecule has 0 saturated carbocycles. The van der Waals surface area contributed by atoms with Crippen LogP contribution >= 0.6 is 11.6 Å². The Morgan fingerprint density at radius 2 is 1.90 bits per heavy atom. The average molecular weight is 577 g/mol. The molecule has 3 amide bonds. The van der Waals surface area contributed by atoms with Crippen molar-refractivity contribution in [1.29, 1.82) is 0 Å². The number of pyridine rings is 1. The van der Waals surface area contributed by atoms with Crippen LogP contribution in [-0.2, 0) is 22.7 Å². The van der Waals surface area contributed by atoms with E-state index in [1.54, 1.807) is 6.07 Å². The lowest BCUT2D eigenvalue weighted by molar-refractivity contribution is -0.139. The highest BCUT2D eigenvalue weighted by Gasteiger charge is 2.40. The molecule has 3 N–H and O–H groups in total. The van der Waals surface area contributed by atoms with Crippen molar-refractivity contribution in [2.45, 2.75) is 31.7 Å². The van der Waals surface area contributed by atoms with Crippen LogP contribution in [0.1, 0.15) is 33.7 Å². The summed E-state index contributed by atoms with van der Waals surface area (Å²) in [7, 11) is 0. The van der Waals surface area contributed by atoms with E-state index in [1.165, 1.54) is 29.1 Å². The molecule has 0 bridgehead atoms. The first-order valence-electron chi connectivity index (χ1n) is 12.6. The van der Waals surface area contributed by atoms with Crippen molar-refractivity contribution in [3.8, 4) is 11.8 Å². The molecule has 0 spiro atoms. The molecule has 1 fully saturated rings. The SMILES string of the molecule is NC(=O)c1nn(CC(=O)N2C[C@H](F)C[C@H]2C(=O)NCc2cccc(Cl)c2F)c2cnc(C#Cc3ccccc3)cc12. The quantitative estimate of drug-likeness (QED) is 0.342. The van der Waals surface area contributed by atoms with Crippen molar-refractivity contribution in [3.63, 3.8) is 0 Å². The number of halogens is 3. The zero-order valence-corrected chi connectivity index (χ0v) is 22.2. The van der Waals surface area contributed by atoms with Crippen LogP contribution in [0.3, 0.4) is 0 Å². The standard InChI is InChI=1S/C29H23ClF2N6O3/c30-22-8-4-7-18(26(22)32)13-35-29(41)23-11-19(31)15-37(23)25(39)16-38-24-14-34-20(10-9-17-5-2-1-3-6-17)12-21(24)27(36-38)28(33)40/h1-8,12,14,19,23H,11,13,15-16H2,(H2,33,40)(H,35,41)/t19-,23+/m1/s1. The Labute approximate surface area is 238 Å². The van der Waals surface area contributed by atoms with Crippen molar-refractivity contribution >= 4 is 40.2 Å². The molecule has 1 saturated heterocycles. The fraction of sp³-hybridized carbons (Fsp3) is 0.207. The van der Waals surface area contributed by atoms with Crippen molar-refractivity contribution in [1.82, 2.24) is 25.0 Å². The van der Waals surface area contributed by atoms with Crippen molar-refractivity contribution in [2.24, 2.45) is 5.73 Å². The van der Waals surface area contributed by atoms with Gasteiger partial charge in [-0.3, -0.25) is 19.1 Å². The summed E-state index contributed by atoms with van der Waals surface area (Å²) in [6.07, 6.45) is -0.226. The molecule has 0 radical (unpaired) electrons. The van der Waals surface area contributed by atoms with Gasteiger partial charge in [0.1, 0.15) is 30.3 Å². The molecule has 4 aromatic rings. The lowest BCUT2D eigenvalue weighted by atomic mass is 10.1. The van der Waals surface area contributed by atoms with Crippen molar-refractivity contribution < 1.29 is 23.2 Å². The number of primary amides is 1. The number of nitrogens with two attached hydrogens (primary N) is 1. The second-order valence-electron chi connectivity index (χ2n) is 9.40. The Kier molecular flexibility index (Phi) is 7.94. The number of amides is 3. The normalized spacial score (nSPS) is 16.3. The predicted molar refractivity (Wildman–Crippen MR) is 147 cm³/mol. The van der Waals surface area contributed by atoms with Crippen LogP contribution < -0.4 is 11.1 Å². The van der Waals surface area contributed by atoms with Crippen molar-refractivity contribution in [3.05, 3.63) is 94.1 Å². The predicted octanol–water partition coefficient (Wildman–Crippen LogP) is 2.98. The Morgan fingerprint density at radius 1 is 1.12 bits per heavy atom. The van der Waals surface area contributed by atoms with Crippen LogP contribution in [-0.4, -0.2) is 56.1 Å². The maximum atomic E-state index is 14.4. The van der Waals surface area contributed by atoms with E-state index in [0.29, 0.717) is 16.6 Å². The molecule has 1 aliphatic rings. The second-order valence-corrected chi connectivity index (χ2v) is 9.81. The largest absolute Gasteiger partial charge is 0.364 e. The van der Waals surface area contributed by atoms with Gasteiger partial charge in [-0.2, -0.15) is 5.10 Å². The van der Waals surface area contributed by atoms with Gasteiger partial charge in [0.15, 0.2) is 5.69 Å². The third kappa shape index (κ3) is 6.02. The Balaban J connectivity index is 1.35. The molecule has 2 aromatic heterocycles. The molecule has 12 heteroatoms. The lowest BCUT2D eigenvalue weighted by Crippen LogP contribution is -2.46. The van der Waals surface area contributed by atoms with Gasteiger partial charge >= 0.3 is 0 Å². The fourth-order valence-corrected chi connectivity index (χ4v) is 4.81. The van der Waals surface area contributed by atoms with E-state index >= 15 is 0 Å². The van der Waals surface area contributed by atoms with Crippen LogP contribution in [0, 0.1) is 17.7 Å². The van der Waals surface area contributed by atoms with Gasteiger partial charge in [0, 0.05) is 29.5 Å². The number of fused-ring (bicyclic) bond motifs is 1. The van der Waals surface area contributed by atoms with Gasteiger partial charge in [-0.25, -0.2) is 13.8 Å². The van der Waals surface area contributed by atoms with E-state index in [4.69, 9.17) is 17.3 Å². The minimum absolute atomic E-state index is 0.0828. The van der Waals surface area contributed by atoms with Gasteiger partial charge in [0.25, 0.3) is 5.91 Å². The number of likely N-dealkylation sites (tertiary alicyclic amines) is 1. The molecule has 2 aromatic carbocycles. The van der Waals surface area contributed by atoms with Crippen LogP contribution in [0.2, 0.25) is 5.02 Å². The number of benzene rings is 2. The van der Waals surface area contributed by atoms with Gasteiger partial charge in [-0.15, -0.1) is 0 Å². The van der Waals surface area contributed by atoms with Gasteiger partial charge in [0.2, 0.25) is 11.8 Å². The molecule has 9 nitrogen and oxygen atoms in total. The lowest BCUT2D eigenvalue weighted by Gasteiger charge is -2.23. The van der Waals surface area contributed by atoms with E-state index in [9.17, 15) is 23.2 Å². The number of rotatable bonds is 6. The number of hydrogen-bond donors (Lipinski definition) is 2. The van der Waals surface area contributed by atoms with Gasteiger partial charge in [-0.05, 0) is 30.2 Å². The highest BCUT2D eigenvalue weighted by Crippen LogP contribution is 2.24. The first-order chi connectivity index (χ1) is 19.7. The molecule has 41 heavy (non-hydrogen) atoms. The third-order valence-electron chi connectivity index (χ3n) is 6.62. The molecule has 2 atom stereocenters. The first kappa shape index (κ1) is 27.7. The Hall–Kier alpha value is -4.82. The highest BCUT2D eigenvalue weighted by molar-refractivity contribution is 6.30. The highest BCUT2D eigenvalue weighted by atomic mass is 35.5. The minimum Gasteiger partial charge on any atom is -0.364 e. The van der Waals surface area contributed by atoms with Crippen molar-refractivity contribution in [2.75, 3.05) is 6.54 Å². The van der Waals surface area contributed by atoms with Gasteiger partial charge in [0.05, 0.1) is 23.3 Å². The monoisotopic (exact) mass is 576 g/mol. The van der Waals surface area contributed by atoms with Gasteiger partial charge in [-0.1, -0.05) is 47.9 Å². The Bertz CT molecular complexity index is 1720. The summed E-state index contributed by atoms with van der Waals surface area (Å²) in [6, 6.07) is 14.1. The fourth-order valence-electron chi connectivity index (χ4n) is 4.61. The second kappa shape index (κ2) is 11.7. The summed E-state index contributed by atoms with van der Waals surface area (Å²) in [5, 5.41) is 7.01.